The van der Waals surface area contributed by atoms with Crippen LogP contribution in [0, 0.1) is 0 Å². The van der Waals surface area contributed by atoms with E-state index < -0.39 is 6.10 Å². The molecule has 0 spiro atoms. The zero-order valence-corrected chi connectivity index (χ0v) is 12.6. The van der Waals surface area contributed by atoms with E-state index >= 15 is 0 Å². The molecular formula is C13H18Cl2N2O3. The van der Waals surface area contributed by atoms with Crippen LogP contribution in [0.15, 0.2) is 18.2 Å². The smallest absolute Gasteiger partial charge is 0.218 e. The second-order valence-corrected chi connectivity index (χ2v) is 5.36. The third-order valence-corrected chi connectivity index (χ3v) is 3.08. The molecule has 0 saturated heterocycles. The van der Waals surface area contributed by atoms with Crippen LogP contribution in [0.5, 0.6) is 5.75 Å². The topological polar surface area (TPSA) is 84.6 Å². The van der Waals surface area contributed by atoms with Crippen molar-refractivity contribution in [2.45, 2.75) is 25.5 Å². The molecule has 1 amide bonds. The van der Waals surface area contributed by atoms with Gasteiger partial charge in [-0.2, -0.15) is 0 Å². The molecule has 0 saturated carbocycles. The summed E-state index contributed by atoms with van der Waals surface area (Å²) in [5.41, 5.74) is 5.07. The van der Waals surface area contributed by atoms with Crippen molar-refractivity contribution in [2.24, 2.45) is 5.73 Å². The predicted octanol–water partition coefficient (Wildman–Crippen LogP) is 1.59. The standard InChI is InChI=1S/C13H18Cl2N2O3/c1-8(4-13(16)19)17-6-10(18)7-20-12-5-9(14)2-3-11(12)15/h2-3,5,8,10,17-18H,4,6-7H2,1H3,(H2,16,19). The number of aliphatic hydroxyl groups is 1. The second kappa shape index (κ2) is 8.32. The van der Waals surface area contributed by atoms with Gasteiger partial charge in [0.25, 0.3) is 0 Å². The van der Waals surface area contributed by atoms with Crippen LogP contribution in [0.4, 0.5) is 0 Å². The summed E-state index contributed by atoms with van der Waals surface area (Å²) in [5, 5.41) is 13.7. The summed E-state index contributed by atoms with van der Waals surface area (Å²) in [6, 6.07) is 4.76. The van der Waals surface area contributed by atoms with Gasteiger partial charge in [0.05, 0.1) is 5.02 Å². The van der Waals surface area contributed by atoms with Crippen LogP contribution >= 0.6 is 23.2 Å². The summed E-state index contributed by atoms with van der Waals surface area (Å²) in [6.45, 7) is 2.16. The van der Waals surface area contributed by atoms with Gasteiger partial charge in [0.2, 0.25) is 5.91 Å². The Bertz CT molecular complexity index is 457. The number of amides is 1. The average Bonchev–Trinajstić information content (AvgIpc) is 2.36. The first-order valence-electron chi connectivity index (χ1n) is 6.16. The maximum Gasteiger partial charge on any atom is 0.218 e. The quantitative estimate of drug-likeness (QED) is 0.679. The van der Waals surface area contributed by atoms with E-state index in [0.717, 1.165) is 0 Å². The number of primary amides is 1. The molecule has 0 heterocycles. The fraction of sp³-hybridized carbons (Fsp3) is 0.462. The van der Waals surface area contributed by atoms with Crippen molar-refractivity contribution in [1.82, 2.24) is 5.32 Å². The normalized spacial score (nSPS) is 13.8. The number of hydrogen-bond acceptors (Lipinski definition) is 4. The first-order valence-corrected chi connectivity index (χ1v) is 6.91. The van der Waals surface area contributed by atoms with Crippen molar-refractivity contribution in [3.8, 4) is 5.75 Å². The summed E-state index contributed by atoms with van der Waals surface area (Å²) in [6.07, 6.45) is -0.520. The molecule has 4 N–H and O–H groups in total. The highest BCUT2D eigenvalue weighted by molar-refractivity contribution is 6.34. The Balaban J connectivity index is 2.34. The number of ether oxygens (including phenoxy) is 1. The highest BCUT2D eigenvalue weighted by Crippen LogP contribution is 2.27. The molecule has 7 heteroatoms. The number of benzene rings is 1. The van der Waals surface area contributed by atoms with Crippen molar-refractivity contribution < 1.29 is 14.6 Å². The Morgan fingerprint density at radius 2 is 2.20 bits per heavy atom. The third-order valence-electron chi connectivity index (χ3n) is 2.53. The van der Waals surface area contributed by atoms with E-state index in [1.54, 1.807) is 18.2 Å². The van der Waals surface area contributed by atoms with Gasteiger partial charge in [-0.05, 0) is 19.1 Å². The van der Waals surface area contributed by atoms with E-state index in [4.69, 9.17) is 33.7 Å². The van der Waals surface area contributed by atoms with Gasteiger partial charge >= 0.3 is 0 Å². The van der Waals surface area contributed by atoms with E-state index in [0.29, 0.717) is 15.8 Å². The van der Waals surface area contributed by atoms with Crippen LogP contribution < -0.4 is 15.8 Å². The van der Waals surface area contributed by atoms with Gasteiger partial charge in [0.1, 0.15) is 18.5 Å². The number of halogens is 2. The lowest BCUT2D eigenvalue weighted by Gasteiger charge is -2.17. The number of nitrogens with one attached hydrogen (secondary N) is 1. The lowest BCUT2D eigenvalue weighted by Crippen LogP contribution is -2.38. The second-order valence-electron chi connectivity index (χ2n) is 4.52. The molecule has 2 atom stereocenters. The Morgan fingerprint density at radius 1 is 1.50 bits per heavy atom. The zero-order chi connectivity index (χ0) is 15.1. The molecule has 2 unspecified atom stereocenters. The van der Waals surface area contributed by atoms with Crippen LogP contribution in [0.25, 0.3) is 0 Å². The van der Waals surface area contributed by atoms with Gasteiger partial charge in [-0.1, -0.05) is 23.2 Å². The average molecular weight is 321 g/mol. The SMILES string of the molecule is CC(CC(N)=O)NCC(O)COc1cc(Cl)ccc1Cl. The van der Waals surface area contributed by atoms with Gasteiger partial charge in [0.15, 0.2) is 0 Å². The lowest BCUT2D eigenvalue weighted by molar-refractivity contribution is -0.118. The number of carbonyl (C=O) groups is 1. The summed E-state index contributed by atoms with van der Waals surface area (Å²) in [4.78, 5) is 10.7. The highest BCUT2D eigenvalue weighted by atomic mass is 35.5. The molecular weight excluding hydrogens is 303 g/mol. The molecule has 0 aromatic heterocycles. The molecule has 0 fully saturated rings. The highest BCUT2D eigenvalue weighted by Gasteiger charge is 2.11. The molecule has 0 aliphatic rings. The van der Waals surface area contributed by atoms with E-state index in [-0.39, 0.29) is 31.5 Å². The summed E-state index contributed by atoms with van der Waals surface area (Å²) >= 11 is 11.8. The van der Waals surface area contributed by atoms with Crippen molar-refractivity contribution in [3.05, 3.63) is 28.2 Å². The van der Waals surface area contributed by atoms with Crippen LogP contribution in [0.2, 0.25) is 10.0 Å². The number of rotatable bonds is 8. The molecule has 0 radical (unpaired) electrons. The predicted molar refractivity (Wildman–Crippen MR) is 79.2 cm³/mol. The largest absolute Gasteiger partial charge is 0.489 e. The van der Waals surface area contributed by atoms with Gasteiger partial charge in [-0.15, -0.1) is 0 Å². The maximum absolute atomic E-state index is 10.7. The molecule has 1 rings (SSSR count). The molecule has 0 bridgehead atoms. The summed E-state index contributed by atoms with van der Waals surface area (Å²) in [5.74, 6) is 0.0323. The monoisotopic (exact) mass is 320 g/mol. The Hall–Kier alpha value is -1.01. The van der Waals surface area contributed by atoms with Gasteiger partial charge in [-0.3, -0.25) is 4.79 Å². The molecule has 0 aliphatic heterocycles. The first kappa shape index (κ1) is 17.0. The summed E-state index contributed by atoms with van der Waals surface area (Å²) < 4.78 is 5.39. The number of hydrogen-bond donors (Lipinski definition) is 3. The number of carbonyl (C=O) groups excluding carboxylic acids is 1. The fourth-order valence-corrected chi connectivity index (χ4v) is 1.88. The minimum Gasteiger partial charge on any atom is -0.489 e. The number of nitrogens with two attached hydrogens (primary N) is 1. The molecule has 5 nitrogen and oxygen atoms in total. The Labute approximate surface area is 128 Å². The molecule has 112 valence electrons. The van der Waals surface area contributed by atoms with Gasteiger partial charge in [-0.25, -0.2) is 0 Å². The fourth-order valence-electron chi connectivity index (χ4n) is 1.54. The molecule has 1 aromatic rings. The lowest BCUT2D eigenvalue weighted by atomic mass is 10.2. The number of aliphatic hydroxyl groups excluding tert-OH is 1. The van der Waals surface area contributed by atoms with Gasteiger partial charge < -0.3 is 20.9 Å². The van der Waals surface area contributed by atoms with E-state index in [1.807, 2.05) is 6.92 Å². The minimum absolute atomic E-state index is 0.0658. The van der Waals surface area contributed by atoms with Crippen LogP contribution in [-0.2, 0) is 4.79 Å². The molecule has 1 aromatic carbocycles. The maximum atomic E-state index is 10.7. The van der Waals surface area contributed by atoms with Gasteiger partial charge in [0, 0.05) is 30.1 Å². The van der Waals surface area contributed by atoms with Crippen molar-refractivity contribution in [3.63, 3.8) is 0 Å². The van der Waals surface area contributed by atoms with E-state index in [9.17, 15) is 9.90 Å². The Morgan fingerprint density at radius 3 is 2.85 bits per heavy atom. The Kier molecular flexibility index (Phi) is 7.09. The molecule has 20 heavy (non-hydrogen) atoms. The van der Waals surface area contributed by atoms with Crippen LogP contribution in [-0.4, -0.2) is 36.3 Å². The first-order chi connectivity index (χ1) is 9.38. The minimum atomic E-state index is -0.736. The van der Waals surface area contributed by atoms with Crippen LogP contribution in [0.3, 0.4) is 0 Å². The van der Waals surface area contributed by atoms with E-state index in [1.165, 1.54) is 0 Å². The van der Waals surface area contributed by atoms with Crippen molar-refractivity contribution >= 4 is 29.1 Å². The molecule has 0 aliphatic carbocycles. The summed E-state index contributed by atoms with van der Waals surface area (Å²) in [7, 11) is 0. The van der Waals surface area contributed by atoms with Crippen LogP contribution in [0.1, 0.15) is 13.3 Å². The van der Waals surface area contributed by atoms with Crippen molar-refractivity contribution in [2.75, 3.05) is 13.2 Å². The van der Waals surface area contributed by atoms with Crippen molar-refractivity contribution in [1.29, 1.82) is 0 Å². The zero-order valence-electron chi connectivity index (χ0n) is 11.1. The van der Waals surface area contributed by atoms with E-state index in [2.05, 4.69) is 5.32 Å². The third kappa shape index (κ3) is 6.43.